The largest absolute Gasteiger partial charge is 0.356 e. The maximum atomic E-state index is 12.4. The number of halogens is 1. The molecule has 3 N–H and O–H groups in total. The van der Waals surface area contributed by atoms with E-state index in [4.69, 9.17) is 5.73 Å². The van der Waals surface area contributed by atoms with Gasteiger partial charge in [0.15, 0.2) is 0 Å². The molecule has 2 unspecified atom stereocenters. The monoisotopic (exact) mass is 342 g/mol. The normalized spacial score (nSPS) is 30.5. The minimum absolute atomic E-state index is 0. The Morgan fingerprint density at radius 2 is 2.05 bits per heavy atom. The van der Waals surface area contributed by atoms with E-state index < -0.39 is 0 Å². The SMILES string of the molecule is Cc1ccsc1CCNC(=O)C1CC2CCCC(C1)C2N.Cl. The zero-order valence-corrected chi connectivity index (χ0v) is 14.8. The van der Waals surface area contributed by atoms with Gasteiger partial charge >= 0.3 is 0 Å². The molecule has 1 heterocycles. The summed E-state index contributed by atoms with van der Waals surface area (Å²) in [6.45, 7) is 2.90. The average molecular weight is 343 g/mol. The highest BCUT2D eigenvalue weighted by Crippen LogP contribution is 2.41. The van der Waals surface area contributed by atoms with Crippen LogP contribution in [0.1, 0.15) is 42.5 Å². The lowest BCUT2D eigenvalue weighted by molar-refractivity contribution is -0.127. The van der Waals surface area contributed by atoms with Crippen LogP contribution in [0.25, 0.3) is 0 Å². The summed E-state index contributed by atoms with van der Waals surface area (Å²) in [4.78, 5) is 13.8. The summed E-state index contributed by atoms with van der Waals surface area (Å²) in [6.07, 6.45) is 6.69. The number of carbonyl (C=O) groups is 1. The highest BCUT2D eigenvalue weighted by molar-refractivity contribution is 7.10. The molecule has 1 aromatic rings. The van der Waals surface area contributed by atoms with E-state index in [9.17, 15) is 4.79 Å². The minimum Gasteiger partial charge on any atom is -0.356 e. The van der Waals surface area contributed by atoms with E-state index in [2.05, 4.69) is 23.7 Å². The molecule has 0 saturated heterocycles. The van der Waals surface area contributed by atoms with Gasteiger partial charge < -0.3 is 11.1 Å². The van der Waals surface area contributed by atoms with Crippen molar-refractivity contribution in [2.45, 2.75) is 51.5 Å². The number of nitrogens with one attached hydrogen (secondary N) is 1. The van der Waals surface area contributed by atoms with Gasteiger partial charge in [-0.2, -0.15) is 0 Å². The molecule has 2 atom stereocenters. The molecule has 3 nitrogen and oxygen atoms in total. The van der Waals surface area contributed by atoms with Crippen LogP contribution in [-0.2, 0) is 11.2 Å². The van der Waals surface area contributed by atoms with Crippen molar-refractivity contribution in [2.75, 3.05) is 6.54 Å². The fourth-order valence-corrected chi connectivity index (χ4v) is 5.02. The van der Waals surface area contributed by atoms with Crippen LogP contribution in [0.4, 0.5) is 0 Å². The van der Waals surface area contributed by atoms with Crippen LogP contribution in [0.3, 0.4) is 0 Å². The number of fused-ring (bicyclic) bond motifs is 2. The average Bonchev–Trinajstić information content (AvgIpc) is 2.84. The molecule has 0 aromatic carbocycles. The first kappa shape index (κ1) is 17.8. The van der Waals surface area contributed by atoms with E-state index in [1.807, 2.05) is 0 Å². The maximum absolute atomic E-state index is 12.4. The molecule has 2 aliphatic carbocycles. The Labute approximate surface area is 143 Å². The maximum Gasteiger partial charge on any atom is 0.223 e. The number of rotatable bonds is 4. The first-order chi connectivity index (χ1) is 10.1. The standard InChI is InChI=1S/C17H26N2OS.ClH/c1-11-6-8-21-15(11)5-7-19-17(20)14-9-12-3-2-4-13(10-14)16(12)18;/h6,8,12-14,16H,2-5,7,9-10,18H2,1H3,(H,19,20);1H. The Bertz CT molecular complexity index is 491. The zero-order chi connectivity index (χ0) is 14.8. The molecule has 0 radical (unpaired) electrons. The van der Waals surface area contributed by atoms with Gasteiger partial charge in [-0.05, 0) is 67.9 Å². The van der Waals surface area contributed by atoms with Crippen molar-refractivity contribution in [2.24, 2.45) is 23.5 Å². The number of hydrogen-bond acceptors (Lipinski definition) is 3. The van der Waals surface area contributed by atoms with Gasteiger partial charge in [-0.15, -0.1) is 23.7 Å². The van der Waals surface area contributed by atoms with Crippen molar-refractivity contribution in [3.8, 4) is 0 Å². The molecule has 0 spiro atoms. The van der Waals surface area contributed by atoms with Crippen molar-refractivity contribution in [1.82, 2.24) is 5.32 Å². The molecule has 1 amide bonds. The smallest absolute Gasteiger partial charge is 0.223 e. The molecule has 2 aliphatic rings. The second-order valence-corrected chi connectivity index (χ2v) is 7.77. The predicted molar refractivity (Wildman–Crippen MR) is 94.5 cm³/mol. The Morgan fingerprint density at radius 1 is 1.36 bits per heavy atom. The Balaban J connectivity index is 0.00000176. The van der Waals surface area contributed by atoms with Crippen molar-refractivity contribution in [1.29, 1.82) is 0 Å². The fraction of sp³-hybridized carbons (Fsp3) is 0.706. The molecule has 2 fully saturated rings. The Kier molecular flexibility index (Phi) is 6.30. The van der Waals surface area contributed by atoms with Crippen LogP contribution in [0, 0.1) is 24.7 Å². The molecular weight excluding hydrogens is 316 g/mol. The van der Waals surface area contributed by atoms with E-state index in [1.165, 1.54) is 29.7 Å². The van der Waals surface area contributed by atoms with Gasteiger partial charge in [0, 0.05) is 23.4 Å². The summed E-state index contributed by atoms with van der Waals surface area (Å²) < 4.78 is 0. The van der Waals surface area contributed by atoms with E-state index in [0.29, 0.717) is 17.9 Å². The third-order valence-electron chi connectivity index (χ3n) is 5.40. The first-order valence-corrected chi connectivity index (χ1v) is 9.09. The number of carbonyl (C=O) groups excluding carboxylic acids is 1. The lowest BCUT2D eigenvalue weighted by atomic mass is 9.65. The lowest BCUT2D eigenvalue weighted by Crippen LogP contribution is -2.49. The van der Waals surface area contributed by atoms with Crippen LogP contribution < -0.4 is 11.1 Å². The van der Waals surface area contributed by atoms with Crippen molar-refractivity contribution in [3.63, 3.8) is 0 Å². The highest BCUT2D eigenvalue weighted by atomic mass is 35.5. The van der Waals surface area contributed by atoms with E-state index >= 15 is 0 Å². The fourth-order valence-electron chi connectivity index (χ4n) is 4.11. The van der Waals surface area contributed by atoms with Crippen LogP contribution in [-0.4, -0.2) is 18.5 Å². The summed E-state index contributed by atoms with van der Waals surface area (Å²) in [5, 5.41) is 5.27. The van der Waals surface area contributed by atoms with Gasteiger partial charge in [-0.3, -0.25) is 4.79 Å². The van der Waals surface area contributed by atoms with E-state index in [-0.39, 0.29) is 24.2 Å². The van der Waals surface area contributed by atoms with Crippen molar-refractivity contribution >= 4 is 29.7 Å². The second-order valence-electron chi connectivity index (χ2n) is 6.76. The second kappa shape index (κ2) is 7.80. The van der Waals surface area contributed by atoms with Gasteiger partial charge in [0.1, 0.15) is 0 Å². The molecule has 22 heavy (non-hydrogen) atoms. The van der Waals surface area contributed by atoms with Crippen LogP contribution in [0.15, 0.2) is 11.4 Å². The molecule has 124 valence electrons. The molecule has 3 rings (SSSR count). The van der Waals surface area contributed by atoms with Crippen LogP contribution >= 0.6 is 23.7 Å². The molecular formula is C17H27ClN2OS. The number of aryl methyl sites for hydroxylation is 1. The van der Waals surface area contributed by atoms with Gasteiger partial charge in [-0.1, -0.05) is 6.42 Å². The zero-order valence-electron chi connectivity index (χ0n) is 13.2. The lowest BCUT2D eigenvalue weighted by Gasteiger charge is -2.43. The molecule has 1 aromatic heterocycles. The Hall–Kier alpha value is -0.580. The third-order valence-corrected chi connectivity index (χ3v) is 6.49. The number of hydrogen-bond donors (Lipinski definition) is 2. The molecule has 0 aliphatic heterocycles. The molecule has 2 bridgehead atoms. The summed E-state index contributed by atoms with van der Waals surface area (Å²) in [7, 11) is 0. The van der Waals surface area contributed by atoms with Gasteiger partial charge in [0.25, 0.3) is 0 Å². The van der Waals surface area contributed by atoms with Crippen molar-refractivity contribution < 1.29 is 4.79 Å². The third kappa shape index (κ3) is 3.84. The van der Waals surface area contributed by atoms with Crippen LogP contribution in [0.5, 0.6) is 0 Å². The van der Waals surface area contributed by atoms with Gasteiger partial charge in [0.05, 0.1) is 0 Å². The van der Waals surface area contributed by atoms with Crippen LogP contribution in [0.2, 0.25) is 0 Å². The number of amides is 1. The quantitative estimate of drug-likeness (QED) is 0.882. The molecule has 2 saturated carbocycles. The topological polar surface area (TPSA) is 55.1 Å². The van der Waals surface area contributed by atoms with Gasteiger partial charge in [-0.25, -0.2) is 0 Å². The summed E-state index contributed by atoms with van der Waals surface area (Å²) in [5.41, 5.74) is 7.64. The molecule has 5 heteroatoms. The Morgan fingerprint density at radius 3 is 2.64 bits per heavy atom. The minimum atomic E-state index is 0. The summed E-state index contributed by atoms with van der Waals surface area (Å²) >= 11 is 1.78. The highest BCUT2D eigenvalue weighted by Gasteiger charge is 2.40. The number of thiophene rings is 1. The first-order valence-electron chi connectivity index (χ1n) is 8.21. The summed E-state index contributed by atoms with van der Waals surface area (Å²) in [6, 6.07) is 2.49. The van der Waals surface area contributed by atoms with E-state index in [0.717, 1.165) is 25.8 Å². The number of nitrogens with two attached hydrogens (primary N) is 1. The van der Waals surface area contributed by atoms with Gasteiger partial charge in [0.2, 0.25) is 5.91 Å². The van der Waals surface area contributed by atoms with E-state index in [1.54, 1.807) is 11.3 Å². The predicted octanol–water partition coefficient (Wildman–Crippen LogP) is 3.29. The summed E-state index contributed by atoms with van der Waals surface area (Å²) in [5.74, 6) is 1.61. The van der Waals surface area contributed by atoms with Crippen molar-refractivity contribution in [3.05, 3.63) is 21.9 Å².